The normalized spacial score (nSPS) is 23.0. The van der Waals surface area contributed by atoms with Crippen LogP contribution in [0.25, 0.3) is 0 Å². The molecule has 0 aromatic heterocycles. The number of piperazine rings is 1. The summed E-state index contributed by atoms with van der Waals surface area (Å²) in [6.45, 7) is 7.27. The molecule has 1 aliphatic carbocycles. The summed E-state index contributed by atoms with van der Waals surface area (Å²) in [5.41, 5.74) is 1.30. The van der Waals surface area contributed by atoms with Crippen molar-refractivity contribution in [1.82, 2.24) is 15.1 Å². The minimum atomic E-state index is -0.434. The largest absolute Gasteiger partial charge is 0.344 e. The number of nitrogens with zero attached hydrogens (tertiary/aromatic N) is 2. The van der Waals surface area contributed by atoms with E-state index in [0.717, 1.165) is 45.4 Å². The first kappa shape index (κ1) is 17.9. The zero-order valence-electron chi connectivity index (χ0n) is 15.3. The molecular weight excluding hydrogens is 314 g/mol. The number of hydrogen-bond acceptors (Lipinski definition) is 3. The van der Waals surface area contributed by atoms with Crippen molar-refractivity contribution < 1.29 is 9.59 Å². The number of benzene rings is 1. The van der Waals surface area contributed by atoms with Crippen LogP contribution >= 0.6 is 0 Å². The molecule has 2 amide bonds. The van der Waals surface area contributed by atoms with Crippen LogP contribution in [0.15, 0.2) is 30.3 Å². The molecule has 1 N–H and O–H groups in total. The van der Waals surface area contributed by atoms with E-state index in [1.165, 1.54) is 5.56 Å². The van der Waals surface area contributed by atoms with Gasteiger partial charge in [0.25, 0.3) is 0 Å². The van der Waals surface area contributed by atoms with Gasteiger partial charge < -0.3 is 10.2 Å². The Bertz CT molecular complexity index is 600. The molecule has 25 heavy (non-hydrogen) atoms. The molecule has 2 aliphatic rings. The molecule has 0 bridgehead atoms. The third-order valence-electron chi connectivity index (χ3n) is 5.45. The summed E-state index contributed by atoms with van der Waals surface area (Å²) in [6, 6.07) is 10.2. The third kappa shape index (κ3) is 4.40. The summed E-state index contributed by atoms with van der Waals surface area (Å²) in [4.78, 5) is 29.1. The fourth-order valence-corrected chi connectivity index (χ4v) is 3.66. The zero-order valence-corrected chi connectivity index (χ0v) is 15.3. The van der Waals surface area contributed by atoms with E-state index < -0.39 is 6.04 Å². The molecule has 136 valence electrons. The van der Waals surface area contributed by atoms with Crippen molar-refractivity contribution in [3.05, 3.63) is 35.9 Å². The van der Waals surface area contributed by atoms with Crippen LogP contribution in [0.2, 0.25) is 0 Å². The second kappa shape index (κ2) is 8.00. The number of hydrogen-bond donors (Lipinski definition) is 1. The number of carbonyl (C=O) groups is 2. The van der Waals surface area contributed by atoms with Crippen LogP contribution in [0.1, 0.15) is 38.7 Å². The predicted octanol–water partition coefficient (Wildman–Crippen LogP) is 2.02. The monoisotopic (exact) mass is 343 g/mol. The van der Waals surface area contributed by atoms with Crippen LogP contribution in [0.5, 0.6) is 0 Å². The molecule has 5 nitrogen and oxygen atoms in total. The van der Waals surface area contributed by atoms with Crippen molar-refractivity contribution in [2.45, 2.75) is 51.7 Å². The van der Waals surface area contributed by atoms with Crippen molar-refractivity contribution in [2.24, 2.45) is 5.92 Å². The topological polar surface area (TPSA) is 52.7 Å². The third-order valence-corrected chi connectivity index (χ3v) is 5.45. The molecule has 0 radical (unpaired) electrons. The lowest BCUT2D eigenvalue weighted by Crippen LogP contribution is -2.58. The fraction of sp³-hybridized carbons (Fsp3) is 0.600. The highest BCUT2D eigenvalue weighted by molar-refractivity contribution is 5.88. The van der Waals surface area contributed by atoms with Gasteiger partial charge in [0.2, 0.25) is 11.8 Å². The maximum Gasteiger partial charge on any atom is 0.245 e. The summed E-state index contributed by atoms with van der Waals surface area (Å²) >= 11 is 0. The van der Waals surface area contributed by atoms with Gasteiger partial charge in [-0.2, -0.15) is 0 Å². The van der Waals surface area contributed by atoms with Gasteiger partial charge in [0.15, 0.2) is 0 Å². The van der Waals surface area contributed by atoms with E-state index in [-0.39, 0.29) is 23.8 Å². The SMILES string of the molecule is CC(NC(=O)C1CCC1)C(=O)N1CCN(Cc2ccccc2)CC1C. The van der Waals surface area contributed by atoms with Crippen LogP contribution in [0.4, 0.5) is 0 Å². The lowest BCUT2D eigenvalue weighted by molar-refractivity contribution is -0.141. The first-order valence-electron chi connectivity index (χ1n) is 9.41. The Labute approximate surface area is 150 Å². The van der Waals surface area contributed by atoms with E-state index in [1.807, 2.05) is 17.9 Å². The predicted molar refractivity (Wildman–Crippen MR) is 97.8 cm³/mol. The Balaban J connectivity index is 1.50. The molecule has 1 saturated carbocycles. The lowest BCUT2D eigenvalue weighted by atomic mass is 9.84. The average Bonchev–Trinajstić information content (AvgIpc) is 2.53. The summed E-state index contributed by atoms with van der Waals surface area (Å²) in [5, 5.41) is 2.91. The molecule has 2 atom stereocenters. The summed E-state index contributed by atoms with van der Waals surface area (Å²) in [5.74, 6) is 0.206. The Hall–Kier alpha value is -1.88. The standard InChI is InChI=1S/C20H29N3O2/c1-15-13-22(14-17-7-4-3-5-8-17)11-12-23(15)20(25)16(2)21-19(24)18-9-6-10-18/h3-5,7-8,15-16,18H,6,9-14H2,1-2H3,(H,21,24). The first-order valence-corrected chi connectivity index (χ1v) is 9.41. The average molecular weight is 343 g/mol. The quantitative estimate of drug-likeness (QED) is 0.890. The van der Waals surface area contributed by atoms with E-state index in [1.54, 1.807) is 0 Å². The Kier molecular flexibility index (Phi) is 5.74. The minimum absolute atomic E-state index is 0.0412. The number of nitrogens with one attached hydrogen (secondary N) is 1. The molecule has 1 aromatic carbocycles. The van der Waals surface area contributed by atoms with E-state index in [0.29, 0.717) is 0 Å². The first-order chi connectivity index (χ1) is 12.0. The van der Waals surface area contributed by atoms with Crippen LogP contribution in [-0.2, 0) is 16.1 Å². The van der Waals surface area contributed by atoms with Crippen molar-refractivity contribution in [3.8, 4) is 0 Å². The number of rotatable bonds is 5. The number of amides is 2. The molecule has 1 heterocycles. The summed E-state index contributed by atoms with van der Waals surface area (Å²) < 4.78 is 0. The molecular formula is C20H29N3O2. The molecule has 2 unspecified atom stereocenters. The maximum atomic E-state index is 12.7. The van der Waals surface area contributed by atoms with Crippen LogP contribution < -0.4 is 5.32 Å². The molecule has 1 aromatic rings. The minimum Gasteiger partial charge on any atom is -0.344 e. The lowest BCUT2D eigenvalue weighted by Gasteiger charge is -2.41. The molecule has 2 fully saturated rings. The van der Waals surface area contributed by atoms with Gasteiger partial charge in [-0.05, 0) is 32.3 Å². The maximum absolute atomic E-state index is 12.7. The highest BCUT2D eigenvalue weighted by atomic mass is 16.2. The van der Waals surface area contributed by atoms with Crippen molar-refractivity contribution in [2.75, 3.05) is 19.6 Å². The molecule has 5 heteroatoms. The van der Waals surface area contributed by atoms with Gasteiger partial charge >= 0.3 is 0 Å². The fourth-order valence-electron chi connectivity index (χ4n) is 3.66. The highest BCUT2D eigenvalue weighted by Crippen LogP contribution is 2.26. The van der Waals surface area contributed by atoms with Crippen LogP contribution in [-0.4, -0.2) is 53.3 Å². The molecule has 0 spiro atoms. The van der Waals surface area contributed by atoms with Gasteiger partial charge in [0, 0.05) is 38.1 Å². The van der Waals surface area contributed by atoms with Crippen molar-refractivity contribution in [3.63, 3.8) is 0 Å². The summed E-state index contributed by atoms with van der Waals surface area (Å²) in [6.07, 6.45) is 3.05. The van der Waals surface area contributed by atoms with E-state index >= 15 is 0 Å². The van der Waals surface area contributed by atoms with Crippen molar-refractivity contribution in [1.29, 1.82) is 0 Å². The zero-order chi connectivity index (χ0) is 17.8. The smallest absolute Gasteiger partial charge is 0.245 e. The van der Waals surface area contributed by atoms with E-state index in [2.05, 4.69) is 41.4 Å². The van der Waals surface area contributed by atoms with Gasteiger partial charge in [-0.25, -0.2) is 0 Å². The molecule has 1 aliphatic heterocycles. The molecule has 1 saturated heterocycles. The van der Waals surface area contributed by atoms with Gasteiger partial charge in [-0.1, -0.05) is 36.8 Å². The second-order valence-electron chi connectivity index (χ2n) is 7.46. The summed E-state index contributed by atoms with van der Waals surface area (Å²) in [7, 11) is 0. The Morgan fingerprint density at radius 1 is 1.20 bits per heavy atom. The Morgan fingerprint density at radius 2 is 1.92 bits per heavy atom. The highest BCUT2D eigenvalue weighted by Gasteiger charge is 2.32. The van der Waals surface area contributed by atoms with Gasteiger partial charge in [0.1, 0.15) is 6.04 Å². The van der Waals surface area contributed by atoms with Crippen molar-refractivity contribution >= 4 is 11.8 Å². The number of carbonyl (C=O) groups excluding carboxylic acids is 2. The van der Waals surface area contributed by atoms with E-state index in [4.69, 9.17) is 0 Å². The van der Waals surface area contributed by atoms with E-state index in [9.17, 15) is 9.59 Å². The van der Waals surface area contributed by atoms with Gasteiger partial charge in [-0.3, -0.25) is 14.5 Å². The Morgan fingerprint density at radius 3 is 2.52 bits per heavy atom. The van der Waals surface area contributed by atoms with Gasteiger partial charge in [-0.15, -0.1) is 0 Å². The second-order valence-corrected chi connectivity index (χ2v) is 7.46. The van der Waals surface area contributed by atoms with Gasteiger partial charge in [0.05, 0.1) is 0 Å². The van der Waals surface area contributed by atoms with Crippen LogP contribution in [0, 0.1) is 5.92 Å². The van der Waals surface area contributed by atoms with Crippen LogP contribution in [0.3, 0.4) is 0 Å². The molecule has 3 rings (SSSR count).